The Hall–Kier alpha value is -1.48. The molecule has 0 heterocycles. The Morgan fingerprint density at radius 1 is 0.821 bits per heavy atom. The summed E-state index contributed by atoms with van der Waals surface area (Å²) in [6.45, 7) is 11.4. The number of esters is 1. The van der Waals surface area contributed by atoms with Gasteiger partial charge in [0.2, 0.25) is 34.8 Å². The second kappa shape index (κ2) is 9.82. The maximum absolute atomic E-state index is 13.5. The van der Waals surface area contributed by atoms with E-state index in [4.69, 9.17) is 4.43 Å². The molecule has 1 aromatic carbocycles. The van der Waals surface area contributed by atoms with Gasteiger partial charge in [-0.3, -0.25) is 4.79 Å². The smallest absolute Gasteiger partial charge is 0.311 e. The van der Waals surface area contributed by atoms with Crippen LogP contribution < -0.4 is 4.74 Å². The molecule has 0 aliphatic rings. The average molecular weight is 426 g/mol. The number of ether oxygens (including phenoxy) is 1. The lowest BCUT2D eigenvalue weighted by Crippen LogP contribution is -2.40. The normalized spacial score (nSPS) is 12.4. The van der Waals surface area contributed by atoms with Gasteiger partial charge in [-0.1, -0.05) is 33.6 Å². The summed E-state index contributed by atoms with van der Waals surface area (Å²) in [6, 6.07) is 0. The van der Waals surface area contributed by atoms with Crippen LogP contribution >= 0.6 is 0 Å². The molecule has 0 fully saturated rings. The van der Waals surface area contributed by atoms with E-state index >= 15 is 0 Å². The van der Waals surface area contributed by atoms with Gasteiger partial charge in [0.05, 0.1) is 0 Å². The molecule has 9 heteroatoms. The number of carbonyl (C=O) groups is 1. The molecule has 0 unspecified atom stereocenters. The van der Waals surface area contributed by atoms with Gasteiger partial charge in [-0.05, 0) is 31.0 Å². The SMILES string of the molecule is CC(C)(C)[Si](C)(C)OCCCCCCC(=O)Oc1c(F)c(F)c(F)c(F)c1F. The highest BCUT2D eigenvalue weighted by Gasteiger charge is 2.36. The van der Waals surface area contributed by atoms with Crippen molar-refractivity contribution >= 4 is 14.3 Å². The molecule has 160 valence electrons. The molecule has 0 aliphatic heterocycles. The molecule has 0 aliphatic carbocycles. The summed E-state index contributed by atoms with van der Waals surface area (Å²) in [5.74, 6) is -13.5. The van der Waals surface area contributed by atoms with Crippen LogP contribution in [-0.4, -0.2) is 20.9 Å². The molecule has 0 aromatic heterocycles. The van der Waals surface area contributed by atoms with Crippen LogP contribution in [0.4, 0.5) is 22.0 Å². The van der Waals surface area contributed by atoms with Crippen LogP contribution in [0.3, 0.4) is 0 Å². The molecule has 0 N–H and O–H groups in total. The van der Waals surface area contributed by atoms with E-state index in [0.29, 0.717) is 19.4 Å². The fourth-order valence-electron chi connectivity index (χ4n) is 2.11. The first kappa shape index (κ1) is 24.6. The molecule has 0 saturated carbocycles. The molecule has 0 amide bonds. The zero-order valence-corrected chi connectivity index (χ0v) is 17.9. The summed E-state index contributed by atoms with van der Waals surface area (Å²) in [7, 11) is -1.79. The van der Waals surface area contributed by atoms with Crippen molar-refractivity contribution in [1.82, 2.24) is 0 Å². The standard InChI is InChI=1S/C19H27F5O3Si/c1-19(2,3)28(4,5)26-11-9-7-6-8-10-12(25)27-18-16(23)14(21)13(20)15(22)17(18)24/h6-11H2,1-5H3. The molecule has 28 heavy (non-hydrogen) atoms. The molecule has 1 rings (SSSR count). The van der Waals surface area contributed by atoms with E-state index in [0.717, 1.165) is 12.8 Å². The number of carbonyl (C=O) groups excluding carboxylic acids is 1. The molecule has 1 aromatic rings. The molecule has 0 radical (unpaired) electrons. The average Bonchev–Trinajstić information content (AvgIpc) is 2.60. The Labute approximate surface area is 163 Å². The lowest BCUT2D eigenvalue weighted by atomic mass is 10.1. The van der Waals surface area contributed by atoms with Gasteiger partial charge in [-0.15, -0.1) is 0 Å². The van der Waals surface area contributed by atoms with Crippen LogP contribution in [0.2, 0.25) is 18.1 Å². The van der Waals surface area contributed by atoms with Gasteiger partial charge in [0, 0.05) is 13.0 Å². The monoisotopic (exact) mass is 426 g/mol. The van der Waals surface area contributed by atoms with Crippen molar-refractivity contribution in [2.45, 2.75) is 71.0 Å². The highest BCUT2D eigenvalue weighted by molar-refractivity contribution is 6.74. The van der Waals surface area contributed by atoms with Crippen molar-refractivity contribution in [2.24, 2.45) is 0 Å². The van der Waals surface area contributed by atoms with E-state index in [1.54, 1.807) is 0 Å². The van der Waals surface area contributed by atoms with E-state index in [-0.39, 0.29) is 11.5 Å². The number of halogens is 5. The van der Waals surface area contributed by atoms with Crippen molar-refractivity contribution in [1.29, 1.82) is 0 Å². The summed E-state index contributed by atoms with van der Waals surface area (Å²) < 4.78 is 76.4. The summed E-state index contributed by atoms with van der Waals surface area (Å²) >= 11 is 0. The van der Waals surface area contributed by atoms with Gasteiger partial charge < -0.3 is 9.16 Å². The second-order valence-electron chi connectivity index (χ2n) is 8.15. The van der Waals surface area contributed by atoms with Gasteiger partial charge in [-0.2, -0.15) is 8.78 Å². The third kappa shape index (κ3) is 6.27. The fourth-order valence-corrected chi connectivity index (χ4v) is 3.20. The van der Waals surface area contributed by atoms with E-state index in [1.165, 1.54) is 0 Å². The second-order valence-corrected chi connectivity index (χ2v) is 13.0. The van der Waals surface area contributed by atoms with Gasteiger partial charge in [0.25, 0.3) is 0 Å². The Morgan fingerprint density at radius 3 is 1.79 bits per heavy atom. The van der Waals surface area contributed by atoms with Crippen LogP contribution in [0, 0.1) is 29.1 Å². The minimum absolute atomic E-state index is 0.126. The molecular weight excluding hydrogens is 399 g/mol. The first-order chi connectivity index (χ1) is 12.8. The Morgan fingerprint density at radius 2 is 1.29 bits per heavy atom. The number of benzene rings is 1. The van der Waals surface area contributed by atoms with E-state index in [9.17, 15) is 26.7 Å². The van der Waals surface area contributed by atoms with Crippen molar-refractivity contribution in [2.75, 3.05) is 6.61 Å². The lowest BCUT2D eigenvalue weighted by molar-refractivity contribution is -0.135. The largest absolute Gasteiger partial charge is 0.420 e. The first-order valence-corrected chi connectivity index (χ1v) is 12.1. The van der Waals surface area contributed by atoms with Gasteiger partial charge in [0.1, 0.15) is 0 Å². The topological polar surface area (TPSA) is 35.5 Å². The Kier molecular flexibility index (Phi) is 8.61. The molecule has 0 atom stereocenters. The molecule has 0 saturated heterocycles. The summed E-state index contributed by atoms with van der Waals surface area (Å²) in [5, 5.41) is 0.126. The minimum atomic E-state index is -2.30. The van der Waals surface area contributed by atoms with Crippen LogP contribution in [-0.2, 0) is 9.22 Å². The highest BCUT2D eigenvalue weighted by atomic mass is 28.4. The Bertz CT molecular complexity index is 673. The highest BCUT2D eigenvalue weighted by Crippen LogP contribution is 2.36. The zero-order chi connectivity index (χ0) is 21.7. The number of hydrogen-bond acceptors (Lipinski definition) is 3. The summed E-state index contributed by atoms with van der Waals surface area (Å²) in [5.41, 5.74) is 0. The quantitative estimate of drug-likeness (QED) is 0.0889. The summed E-state index contributed by atoms with van der Waals surface area (Å²) in [4.78, 5) is 11.6. The predicted molar refractivity (Wildman–Crippen MR) is 98.1 cm³/mol. The van der Waals surface area contributed by atoms with E-state index < -0.39 is 49.1 Å². The van der Waals surface area contributed by atoms with Crippen molar-refractivity contribution in [3.63, 3.8) is 0 Å². The van der Waals surface area contributed by atoms with Gasteiger partial charge >= 0.3 is 5.97 Å². The maximum Gasteiger partial charge on any atom is 0.311 e. The third-order valence-corrected chi connectivity index (χ3v) is 9.47. The molecule has 0 spiro atoms. The number of unbranched alkanes of at least 4 members (excludes halogenated alkanes) is 3. The van der Waals surface area contributed by atoms with Crippen LogP contribution in [0.1, 0.15) is 52.9 Å². The third-order valence-electron chi connectivity index (χ3n) is 4.93. The molecular formula is C19H27F5O3Si. The first-order valence-electron chi connectivity index (χ1n) is 9.15. The van der Waals surface area contributed by atoms with Crippen LogP contribution in [0.25, 0.3) is 0 Å². The predicted octanol–water partition coefficient (Wildman–Crippen LogP) is 6.26. The molecule has 3 nitrogen and oxygen atoms in total. The van der Waals surface area contributed by atoms with Crippen molar-refractivity contribution in [3.05, 3.63) is 29.1 Å². The van der Waals surface area contributed by atoms with Crippen molar-refractivity contribution in [3.8, 4) is 5.75 Å². The zero-order valence-electron chi connectivity index (χ0n) is 16.9. The van der Waals surface area contributed by atoms with Gasteiger partial charge in [-0.25, -0.2) is 13.2 Å². The van der Waals surface area contributed by atoms with E-state index in [1.807, 2.05) is 0 Å². The van der Waals surface area contributed by atoms with Crippen LogP contribution in [0.15, 0.2) is 0 Å². The van der Waals surface area contributed by atoms with Crippen LogP contribution in [0.5, 0.6) is 5.75 Å². The summed E-state index contributed by atoms with van der Waals surface area (Å²) in [6.07, 6.45) is 2.41. The number of rotatable bonds is 9. The molecule has 0 bridgehead atoms. The lowest BCUT2D eigenvalue weighted by Gasteiger charge is -2.36. The van der Waals surface area contributed by atoms with Crippen molar-refractivity contribution < 1.29 is 35.9 Å². The van der Waals surface area contributed by atoms with Gasteiger partial charge in [0.15, 0.2) is 8.32 Å². The number of hydrogen-bond donors (Lipinski definition) is 0. The van der Waals surface area contributed by atoms with E-state index in [2.05, 4.69) is 38.6 Å². The fraction of sp³-hybridized carbons (Fsp3) is 0.632. The minimum Gasteiger partial charge on any atom is -0.420 e. The maximum atomic E-state index is 13.5. The Balaban J connectivity index is 2.38.